The van der Waals surface area contributed by atoms with Crippen molar-refractivity contribution in [3.8, 4) is 11.2 Å². The van der Waals surface area contributed by atoms with Crippen LogP contribution in [0.15, 0.2) is 30.3 Å². The van der Waals surface area contributed by atoms with Crippen molar-refractivity contribution in [1.29, 1.82) is 0 Å². The summed E-state index contributed by atoms with van der Waals surface area (Å²) in [4.78, 5) is 22.4. The van der Waals surface area contributed by atoms with E-state index < -0.39 is 12.0 Å². The molecule has 0 fully saturated rings. The zero-order valence-corrected chi connectivity index (χ0v) is 11.6. The van der Waals surface area contributed by atoms with Gasteiger partial charge >= 0.3 is 5.97 Å². The second-order valence-corrected chi connectivity index (χ2v) is 4.51. The molecule has 1 aromatic rings. The van der Waals surface area contributed by atoms with Gasteiger partial charge in [0.05, 0.1) is 7.11 Å². The molecule has 1 rings (SSSR count). The molecule has 0 heterocycles. The van der Waals surface area contributed by atoms with E-state index in [0.29, 0.717) is 5.75 Å². The maximum Gasteiger partial charge on any atom is 0.329 e. The number of esters is 1. The quantitative estimate of drug-likeness (QED) is 0.668. The van der Waals surface area contributed by atoms with Gasteiger partial charge in [0.1, 0.15) is 6.04 Å². The minimum atomic E-state index is -0.669. The van der Waals surface area contributed by atoms with Gasteiger partial charge in [-0.3, -0.25) is 4.79 Å². The van der Waals surface area contributed by atoms with Crippen LogP contribution in [0.1, 0.15) is 12.5 Å². The van der Waals surface area contributed by atoms with Crippen molar-refractivity contribution in [1.82, 2.24) is 5.32 Å². The summed E-state index contributed by atoms with van der Waals surface area (Å²) in [5.74, 6) is 2.57. The van der Waals surface area contributed by atoms with Crippen LogP contribution in [-0.4, -0.2) is 30.8 Å². The van der Waals surface area contributed by atoms with E-state index in [0.717, 1.165) is 5.56 Å². The molecule has 4 nitrogen and oxygen atoms in total. The van der Waals surface area contributed by atoms with Crippen LogP contribution >= 0.6 is 11.8 Å². The first-order valence-corrected chi connectivity index (χ1v) is 6.65. The molecule has 0 aromatic heterocycles. The number of amides is 1. The lowest BCUT2D eigenvalue weighted by atomic mass is 10.2. The topological polar surface area (TPSA) is 55.4 Å². The van der Waals surface area contributed by atoms with Crippen molar-refractivity contribution in [3.05, 3.63) is 35.9 Å². The van der Waals surface area contributed by atoms with Gasteiger partial charge in [-0.2, -0.15) is 0 Å². The lowest BCUT2D eigenvalue weighted by Crippen LogP contribution is -2.42. The van der Waals surface area contributed by atoms with E-state index in [9.17, 15) is 9.59 Å². The lowest BCUT2D eigenvalue weighted by Gasteiger charge is -2.12. The summed E-state index contributed by atoms with van der Waals surface area (Å²) >= 11 is 1.27. The number of benzene rings is 1. The highest BCUT2D eigenvalue weighted by Gasteiger charge is 2.19. The molecule has 0 saturated heterocycles. The van der Waals surface area contributed by atoms with E-state index in [4.69, 9.17) is 0 Å². The van der Waals surface area contributed by atoms with Crippen molar-refractivity contribution in [2.24, 2.45) is 0 Å². The number of hydrogen-bond acceptors (Lipinski definition) is 4. The zero-order valence-electron chi connectivity index (χ0n) is 10.8. The molecule has 0 aliphatic rings. The summed E-state index contributed by atoms with van der Waals surface area (Å²) in [5.41, 5.74) is 0.907. The van der Waals surface area contributed by atoms with Gasteiger partial charge in [-0.15, -0.1) is 0 Å². The van der Waals surface area contributed by atoms with Crippen LogP contribution in [0.25, 0.3) is 0 Å². The van der Waals surface area contributed by atoms with E-state index in [2.05, 4.69) is 21.2 Å². The zero-order chi connectivity index (χ0) is 14.1. The first-order valence-electron chi connectivity index (χ1n) is 5.66. The lowest BCUT2D eigenvalue weighted by molar-refractivity contribution is -0.144. The van der Waals surface area contributed by atoms with Gasteiger partial charge in [-0.25, -0.2) is 4.79 Å². The summed E-state index contributed by atoms with van der Waals surface area (Å²) in [6, 6.07) is 8.87. The third-order valence-corrected chi connectivity index (χ3v) is 2.90. The average Bonchev–Trinajstić information content (AvgIpc) is 2.42. The largest absolute Gasteiger partial charge is 0.467 e. The predicted molar refractivity (Wildman–Crippen MR) is 75.4 cm³/mol. The molecule has 0 spiro atoms. The van der Waals surface area contributed by atoms with E-state index in [-0.39, 0.29) is 5.91 Å². The highest BCUT2D eigenvalue weighted by atomic mass is 32.2. The smallest absolute Gasteiger partial charge is 0.329 e. The van der Waals surface area contributed by atoms with Gasteiger partial charge in [0.15, 0.2) is 0 Å². The van der Waals surface area contributed by atoms with Crippen LogP contribution in [0.2, 0.25) is 0 Å². The number of carbonyl (C=O) groups is 2. The Morgan fingerprint density at radius 1 is 1.37 bits per heavy atom. The van der Waals surface area contributed by atoms with E-state index in [1.807, 2.05) is 30.3 Å². The maximum absolute atomic E-state index is 11.4. The molecule has 0 saturated carbocycles. The van der Waals surface area contributed by atoms with Gasteiger partial charge in [-0.05, 0) is 17.4 Å². The summed E-state index contributed by atoms with van der Waals surface area (Å²) in [7, 11) is 1.29. The van der Waals surface area contributed by atoms with Crippen molar-refractivity contribution >= 4 is 23.6 Å². The number of methoxy groups -OCH3 is 1. The minimum absolute atomic E-state index is 0.271. The normalized spacial score (nSPS) is 10.8. The summed E-state index contributed by atoms with van der Waals surface area (Å²) in [6.45, 7) is 1.36. The Morgan fingerprint density at radius 2 is 2.05 bits per heavy atom. The van der Waals surface area contributed by atoms with Gasteiger partial charge in [0.2, 0.25) is 5.91 Å². The maximum atomic E-state index is 11.4. The molecule has 0 bridgehead atoms. The van der Waals surface area contributed by atoms with Gasteiger partial charge in [0.25, 0.3) is 0 Å². The highest BCUT2D eigenvalue weighted by molar-refractivity contribution is 8.03. The molecule has 1 atom stereocenters. The Morgan fingerprint density at radius 3 is 2.63 bits per heavy atom. The molecule has 100 valence electrons. The molecular formula is C14H15NO3S. The van der Waals surface area contributed by atoms with Crippen LogP contribution < -0.4 is 5.32 Å². The number of hydrogen-bond donors (Lipinski definition) is 1. The van der Waals surface area contributed by atoms with E-state index >= 15 is 0 Å². The molecule has 0 radical (unpaired) electrons. The SMILES string of the molecule is COC(=O)[C@H](CSC#Cc1ccccc1)NC(C)=O. The second kappa shape index (κ2) is 8.22. The fourth-order valence-corrected chi connectivity index (χ4v) is 1.96. The standard InChI is InChI=1S/C14H15NO3S/c1-11(16)15-13(14(17)18-2)10-19-9-8-12-6-4-3-5-7-12/h3-7,13H,10H2,1-2H3,(H,15,16)/t13-/m0/s1. The van der Waals surface area contributed by atoms with Crippen molar-refractivity contribution in [3.63, 3.8) is 0 Å². The molecule has 0 aliphatic carbocycles. The first-order chi connectivity index (χ1) is 9.13. The molecule has 19 heavy (non-hydrogen) atoms. The fraction of sp³-hybridized carbons (Fsp3) is 0.286. The first kappa shape index (κ1) is 15.1. The number of rotatable bonds is 4. The highest BCUT2D eigenvalue weighted by Crippen LogP contribution is 2.04. The predicted octanol–water partition coefficient (Wildman–Crippen LogP) is 1.41. The van der Waals surface area contributed by atoms with Gasteiger partial charge < -0.3 is 10.1 Å². The fourth-order valence-electron chi connectivity index (χ4n) is 1.30. The molecule has 1 N–H and O–H groups in total. The molecule has 5 heteroatoms. The third kappa shape index (κ3) is 5.98. The van der Waals surface area contributed by atoms with Crippen LogP contribution in [0, 0.1) is 11.2 Å². The number of carbonyl (C=O) groups excluding carboxylic acids is 2. The Labute approximate surface area is 116 Å². The monoisotopic (exact) mass is 277 g/mol. The van der Waals surface area contributed by atoms with E-state index in [1.54, 1.807) is 0 Å². The third-order valence-electron chi connectivity index (χ3n) is 2.15. The molecule has 1 amide bonds. The molecular weight excluding hydrogens is 262 g/mol. The van der Waals surface area contributed by atoms with Crippen LogP contribution in [0.5, 0.6) is 0 Å². The van der Waals surface area contributed by atoms with Crippen molar-refractivity contribution in [2.75, 3.05) is 12.9 Å². The summed E-state index contributed by atoms with van der Waals surface area (Å²) < 4.78 is 4.61. The van der Waals surface area contributed by atoms with E-state index in [1.165, 1.54) is 25.8 Å². The summed E-state index contributed by atoms with van der Waals surface area (Å²) in [5, 5.41) is 5.42. The van der Waals surface area contributed by atoms with Crippen LogP contribution in [-0.2, 0) is 14.3 Å². The molecule has 0 aliphatic heterocycles. The Hall–Kier alpha value is -1.93. The molecule has 0 unspecified atom stereocenters. The number of ether oxygens (including phenoxy) is 1. The Bertz CT molecular complexity index is 490. The average molecular weight is 277 g/mol. The van der Waals surface area contributed by atoms with Crippen molar-refractivity contribution in [2.45, 2.75) is 13.0 Å². The van der Waals surface area contributed by atoms with Crippen LogP contribution in [0.3, 0.4) is 0 Å². The number of thioether (sulfide) groups is 1. The van der Waals surface area contributed by atoms with Gasteiger partial charge in [0, 0.05) is 18.2 Å². The van der Waals surface area contributed by atoms with Crippen molar-refractivity contribution < 1.29 is 14.3 Å². The molecule has 1 aromatic carbocycles. The van der Waals surface area contributed by atoms with Gasteiger partial charge in [-0.1, -0.05) is 35.9 Å². The van der Waals surface area contributed by atoms with Crippen LogP contribution in [0.4, 0.5) is 0 Å². The Kier molecular flexibility index (Phi) is 6.55. The Balaban J connectivity index is 2.51. The second-order valence-electron chi connectivity index (χ2n) is 3.68. The summed E-state index contributed by atoms with van der Waals surface area (Å²) in [6.07, 6.45) is 0. The number of nitrogens with one attached hydrogen (secondary N) is 1. The minimum Gasteiger partial charge on any atom is -0.467 e.